The first-order chi connectivity index (χ1) is 21.2. The van der Waals surface area contributed by atoms with Crippen molar-refractivity contribution >= 4 is 0 Å². The van der Waals surface area contributed by atoms with Crippen molar-refractivity contribution in [3.8, 4) is 0 Å². The standard InChI is InChI=1S/C41H64N2/c1-4-6-8-9-10-11-12-13-14-15-16-17-18-19-20-27-32-39(40-42-33-35-43(40)34-7-5-2)41(3,38-30-25-22-26-31-38)36-37-28-23-21-24-29-37/h21-26,28-31,33,35,39H,4-20,27,32,34,36H2,1-3H3. The van der Waals surface area contributed by atoms with Crippen molar-refractivity contribution < 1.29 is 0 Å². The molecule has 0 saturated heterocycles. The van der Waals surface area contributed by atoms with Gasteiger partial charge in [0.2, 0.25) is 0 Å². The van der Waals surface area contributed by atoms with E-state index in [1.54, 1.807) is 0 Å². The van der Waals surface area contributed by atoms with E-state index in [0.717, 1.165) is 13.0 Å². The predicted octanol–water partition coefficient (Wildman–Crippen LogP) is 12.6. The molecule has 2 unspecified atom stereocenters. The summed E-state index contributed by atoms with van der Waals surface area (Å²) in [5, 5.41) is 0. The van der Waals surface area contributed by atoms with Crippen LogP contribution in [0.25, 0.3) is 0 Å². The number of aryl methyl sites for hydroxylation is 1. The van der Waals surface area contributed by atoms with E-state index < -0.39 is 0 Å². The molecular formula is C41H64N2. The molecule has 43 heavy (non-hydrogen) atoms. The van der Waals surface area contributed by atoms with Gasteiger partial charge in [-0.3, -0.25) is 0 Å². The van der Waals surface area contributed by atoms with Crippen LogP contribution in [0.15, 0.2) is 73.1 Å². The molecule has 1 heterocycles. The highest BCUT2D eigenvalue weighted by atomic mass is 15.1. The summed E-state index contributed by atoms with van der Waals surface area (Å²) in [6, 6.07) is 22.4. The van der Waals surface area contributed by atoms with Crippen LogP contribution in [-0.4, -0.2) is 9.55 Å². The van der Waals surface area contributed by atoms with Crippen LogP contribution in [0.1, 0.15) is 166 Å². The molecule has 238 valence electrons. The Labute approximate surface area is 266 Å². The second kappa shape index (κ2) is 21.4. The largest absolute Gasteiger partial charge is 0.335 e. The van der Waals surface area contributed by atoms with Crippen molar-refractivity contribution in [1.82, 2.24) is 9.55 Å². The lowest BCUT2D eigenvalue weighted by Crippen LogP contribution is -2.35. The monoisotopic (exact) mass is 585 g/mol. The van der Waals surface area contributed by atoms with Crippen LogP contribution in [0, 0.1) is 0 Å². The zero-order valence-corrected chi connectivity index (χ0v) is 28.2. The van der Waals surface area contributed by atoms with E-state index in [-0.39, 0.29) is 5.41 Å². The second-order valence-electron chi connectivity index (χ2n) is 13.4. The second-order valence-corrected chi connectivity index (χ2v) is 13.4. The minimum atomic E-state index is -0.0204. The lowest BCUT2D eigenvalue weighted by Gasteiger charge is -2.39. The Hall–Kier alpha value is -2.35. The summed E-state index contributed by atoms with van der Waals surface area (Å²) in [5.41, 5.74) is 2.83. The fraction of sp³-hybridized carbons (Fsp3) is 0.634. The fourth-order valence-electron chi connectivity index (χ4n) is 7.04. The minimum absolute atomic E-state index is 0.0204. The van der Waals surface area contributed by atoms with Gasteiger partial charge in [-0.2, -0.15) is 0 Å². The molecule has 2 atom stereocenters. The summed E-state index contributed by atoms with van der Waals surface area (Å²) < 4.78 is 2.47. The summed E-state index contributed by atoms with van der Waals surface area (Å²) in [4.78, 5) is 5.06. The van der Waals surface area contributed by atoms with E-state index in [4.69, 9.17) is 4.98 Å². The van der Waals surface area contributed by atoms with E-state index in [2.05, 4.69) is 92.2 Å². The Morgan fingerprint density at radius 1 is 0.605 bits per heavy atom. The fourth-order valence-corrected chi connectivity index (χ4v) is 7.04. The molecule has 0 fully saturated rings. The lowest BCUT2D eigenvalue weighted by atomic mass is 9.66. The van der Waals surface area contributed by atoms with Crippen molar-refractivity contribution in [2.75, 3.05) is 0 Å². The average Bonchev–Trinajstić information content (AvgIpc) is 3.50. The molecular weight excluding hydrogens is 520 g/mol. The average molecular weight is 585 g/mol. The van der Waals surface area contributed by atoms with Crippen molar-refractivity contribution in [3.05, 3.63) is 90.0 Å². The lowest BCUT2D eigenvalue weighted by molar-refractivity contribution is 0.321. The van der Waals surface area contributed by atoms with E-state index >= 15 is 0 Å². The Morgan fingerprint density at radius 2 is 1.09 bits per heavy atom. The summed E-state index contributed by atoms with van der Waals surface area (Å²) in [6.07, 6.45) is 31.5. The summed E-state index contributed by atoms with van der Waals surface area (Å²) >= 11 is 0. The Morgan fingerprint density at radius 3 is 1.63 bits per heavy atom. The van der Waals surface area contributed by atoms with Gasteiger partial charge < -0.3 is 4.57 Å². The quantitative estimate of drug-likeness (QED) is 0.0906. The first-order valence-corrected chi connectivity index (χ1v) is 18.3. The highest BCUT2D eigenvalue weighted by Crippen LogP contribution is 2.44. The third-order valence-electron chi connectivity index (χ3n) is 9.77. The molecule has 0 radical (unpaired) electrons. The highest BCUT2D eigenvalue weighted by Gasteiger charge is 2.39. The molecule has 1 aromatic heterocycles. The molecule has 0 aliphatic heterocycles. The topological polar surface area (TPSA) is 17.8 Å². The van der Waals surface area contributed by atoms with Gasteiger partial charge in [-0.05, 0) is 30.4 Å². The van der Waals surface area contributed by atoms with Gasteiger partial charge in [0.15, 0.2) is 0 Å². The van der Waals surface area contributed by atoms with Crippen LogP contribution in [-0.2, 0) is 18.4 Å². The SMILES string of the molecule is CCCCCCCCCCCCCCCCCCC(c1nccn1CCCC)C(C)(Cc1ccccc1)c1ccccc1. The first-order valence-electron chi connectivity index (χ1n) is 18.3. The van der Waals surface area contributed by atoms with Crippen molar-refractivity contribution in [1.29, 1.82) is 0 Å². The summed E-state index contributed by atoms with van der Waals surface area (Å²) in [7, 11) is 0. The van der Waals surface area contributed by atoms with Gasteiger partial charge in [0.1, 0.15) is 5.82 Å². The van der Waals surface area contributed by atoms with Gasteiger partial charge in [0, 0.05) is 30.3 Å². The van der Waals surface area contributed by atoms with Gasteiger partial charge in [0.05, 0.1) is 0 Å². The molecule has 0 amide bonds. The summed E-state index contributed by atoms with van der Waals surface area (Å²) in [5.74, 6) is 1.67. The summed E-state index contributed by atoms with van der Waals surface area (Å²) in [6.45, 7) is 8.16. The van der Waals surface area contributed by atoms with Gasteiger partial charge in [-0.1, -0.05) is 191 Å². The maximum absolute atomic E-state index is 5.06. The zero-order chi connectivity index (χ0) is 30.4. The van der Waals surface area contributed by atoms with Gasteiger partial charge in [0.25, 0.3) is 0 Å². The predicted molar refractivity (Wildman–Crippen MR) is 188 cm³/mol. The number of rotatable bonds is 25. The molecule has 0 aliphatic rings. The normalized spacial score (nSPS) is 13.7. The van der Waals surface area contributed by atoms with Gasteiger partial charge in [-0.15, -0.1) is 0 Å². The van der Waals surface area contributed by atoms with E-state index in [1.807, 2.05) is 6.20 Å². The molecule has 0 saturated carbocycles. The smallest absolute Gasteiger partial charge is 0.112 e. The highest BCUT2D eigenvalue weighted by molar-refractivity contribution is 5.33. The maximum Gasteiger partial charge on any atom is 0.112 e. The first kappa shape index (κ1) is 35.1. The van der Waals surface area contributed by atoms with Crippen LogP contribution >= 0.6 is 0 Å². The molecule has 2 nitrogen and oxygen atoms in total. The Kier molecular flexibility index (Phi) is 17.5. The third-order valence-corrected chi connectivity index (χ3v) is 9.77. The Balaban J connectivity index is 1.52. The molecule has 3 aromatic rings. The van der Waals surface area contributed by atoms with E-state index in [9.17, 15) is 0 Å². The molecule has 0 aliphatic carbocycles. The number of imidazole rings is 1. The third kappa shape index (κ3) is 12.7. The molecule has 2 heteroatoms. The number of hydrogen-bond acceptors (Lipinski definition) is 1. The van der Waals surface area contributed by atoms with Crippen molar-refractivity contribution in [2.24, 2.45) is 0 Å². The number of nitrogens with zero attached hydrogens (tertiary/aromatic N) is 2. The molecule has 0 N–H and O–H groups in total. The van der Waals surface area contributed by atoms with Crippen LogP contribution in [0.5, 0.6) is 0 Å². The van der Waals surface area contributed by atoms with Crippen molar-refractivity contribution in [3.63, 3.8) is 0 Å². The van der Waals surface area contributed by atoms with Crippen LogP contribution in [0.4, 0.5) is 0 Å². The number of unbranched alkanes of at least 4 members (excludes halogenated alkanes) is 16. The van der Waals surface area contributed by atoms with Gasteiger partial charge in [-0.25, -0.2) is 4.98 Å². The number of hydrogen-bond donors (Lipinski definition) is 0. The van der Waals surface area contributed by atoms with Crippen molar-refractivity contribution in [2.45, 2.75) is 167 Å². The Bertz CT molecular complexity index is 1060. The van der Waals surface area contributed by atoms with Crippen LogP contribution in [0.2, 0.25) is 0 Å². The number of aromatic nitrogens is 2. The van der Waals surface area contributed by atoms with Crippen LogP contribution < -0.4 is 0 Å². The maximum atomic E-state index is 5.06. The zero-order valence-electron chi connectivity index (χ0n) is 28.2. The molecule has 3 rings (SSSR count). The van der Waals surface area contributed by atoms with E-state index in [1.165, 1.54) is 139 Å². The molecule has 0 spiro atoms. The number of benzene rings is 2. The minimum Gasteiger partial charge on any atom is -0.335 e. The molecule has 0 bridgehead atoms. The van der Waals surface area contributed by atoms with E-state index in [0.29, 0.717) is 5.92 Å². The van der Waals surface area contributed by atoms with Gasteiger partial charge >= 0.3 is 0 Å². The van der Waals surface area contributed by atoms with Crippen LogP contribution in [0.3, 0.4) is 0 Å². The molecule has 2 aromatic carbocycles.